The van der Waals surface area contributed by atoms with E-state index in [4.69, 9.17) is 0 Å². The Labute approximate surface area is 203 Å². The van der Waals surface area contributed by atoms with Crippen molar-refractivity contribution in [3.05, 3.63) is 59.5 Å². The third-order valence-corrected chi connectivity index (χ3v) is 7.55. The number of pyridine rings is 1. The zero-order valence-electron chi connectivity index (χ0n) is 20.1. The van der Waals surface area contributed by atoms with Gasteiger partial charge in [-0.05, 0) is 55.0 Å². The van der Waals surface area contributed by atoms with Crippen molar-refractivity contribution in [2.24, 2.45) is 11.3 Å². The monoisotopic (exact) mass is 492 g/mol. The number of rotatable bonds is 6. The number of carbonyl (C=O) groups excluding carboxylic acids is 1. The highest BCUT2D eigenvalue weighted by atomic mass is 19.4. The summed E-state index contributed by atoms with van der Waals surface area (Å²) in [7, 11) is 0. The first-order valence-electron chi connectivity index (χ1n) is 12.1. The number of alkyl halides is 3. The maximum atomic E-state index is 13.7. The molecular weight excluding hydrogens is 460 g/mol. The van der Waals surface area contributed by atoms with Gasteiger partial charge in [0.05, 0.1) is 11.0 Å². The van der Waals surface area contributed by atoms with E-state index in [-0.39, 0.29) is 29.5 Å². The van der Waals surface area contributed by atoms with Crippen LogP contribution in [0.2, 0.25) is 0 Å². The Hall–Kier alpha value is -2.68. The van der Waals surface area contributed by atoms with Gasteiger partial charge in [0.25, 0.3) is 0 Å². The summed E-state index contributed by atoms with van der Waals surface area (Å²) in [6, 6.07) is 8.65. The number of halogens is 4. The van der Waals surface area contributed by atoms with Crippen LogP contribution < -0.4 is 10.2 Å². The number of amides is 1. The summed E-state index contributed by atoms with van der Waals surface area (Å²) in [5.74, 6) is 0.324. The molecule has 5 nitrogen and oxygen atoms in total. The number of nitrogens with one attached hydrogen (secondary N) is 1. The third kappa shape index (κ3) is 5.60. The minimum Gasteiger partial charge on any atom is -0.353 e. The van der Waals surface area contributed by atoms with Gasteiger partial charge in [-0.2, -0.15) is 13.2 Å². The number of hydrogen-bond acceptors (Lipinski definition) is 4. The van der Waals surface area contributed by atoms with E-state index in [2.05, 4.69) is 24.1 Å². The summed E-state index contributed by atoms with van der Waals surface area (Å²) in [6.07, 6.45) is -0.816. The zero-order chi connectivity index (χ0) is 25.2. The molecule has 190 valence electrons. The van der Waals surface area contributed by atoms with E-state index in [1.165, 1.54) is 18.3 Å². The molecule has 1 aromatic heterocycles. The Bertz CT molecular complexity index is 1020. The summed E-state index contributed by atoms with van der Waals surface area (Å²) in [4.78, 5) is 21.5. The maximum absolute atomic E-state index is 13.7. The van der Waals surface area contributed by atoms with Crippen molar-refractivity contribution >= 4 is 11.7 Å². The van der Waals surface area contributed by atoms with E-state index in [0.29, 0.717) is 32.7 Å². The van der Waals surface area contributed by atoms with Crippen LogP contribution in [0.25, 0.3) is 0 Å². The molecule has 1 aromatic carbocycles. The minimum atomic E-state index is -4.41. The quantitative estimate of drug-likeness (QED) is 0.585. The molecule has 9 heteroatoms. The van der Waals surface area contributed by atoms with Gasteiger partial charge < -0.3 is 15.1 Å². The molecule has 2 atom stereocenters. The lowest BCUT2D eigenvalue weighted by Gasteiger charge is -2.42. The molecule has 1 aliphatic heterocycles. The summed E-state index contributed by atoms with van der Waals surface area (Å²) >= 11 is 0. The summed E-state index contributed by atoms with van der Waals surface area (Å²) in [5.41, 5.74) is -0.180. The molecule has 0 unspecified atom stereocenters. The van der Waals surface area contributed by atoms with Crippen molar-refractivity contribution in [2.45, 2.75) is 51.9 Å². The summed E-state index contributed by atoms with van der Waals surface area (Å²) in [5, 5.41) is 3.53. The highest BCUT2D eigenvalue weighted by Crippen LogP contribution is 2.46. The predicted octanol–water partition coefficient (Wildman–Crippen LogP) is 4.87. The van der Waals surface area contributed by atoms with Crippen LogP contribution in [0.3, 0.4) is 0 Å². The Morgan fingerprint density at radius 1 is 1.14 bits per heavy atom. The second-order valence-electron chi connectivity index (χ2n) is 9.94. The number of benzene rings is 1. The van der Waals surface area contributed by atoms with E-state index in [1.807, 2.05) is 9.80 Å². The van der Waals surface area contributed by atoms with Crippen molar-refractivity contribution in [3.63, 3.8) is 0 Å². The van der Waals surface area contributed by atoms with Crippen LogP contribution in [0.4, 0.5) is 23.4 Å². The zero-order valence-corrected chi connectivity index (χ0v) is 20.1. The van der Waals surface area contributed by atoms with Gasteiger partial charge in [0.1, 0.15) is 11.6 Å². The molecular formula is C26H32F4N4O. The highest BCUT2D eigenvalue weighted by molar-refractivity contribution is 5.84. The van der Waals surface area contributed by atoms with Gasteiger partial charge in [0.2, 0.25) is 5.91 Å². The van der Waals surface area contributed by atoms with E-state index < -0.39 is 17.2 Å². The van der Waals surface area contributed by atoms with Crippen molar-refractivity contribution in [2.75, 3.05) is 31.1 Å². The maximum Gasteiger partial charge on any atom is 0.416 e. The van der Waals surface area contributed by atoms with Crippen LogP contribution in [0, 0.1) is 17.2 Å². The Morgan fingerprint density at radius 2 is 1.83 bits per heavy atom. The molecule has 1 amide bonds. The van der Waals surface area contributed by atoms with Crippen LogP contribution in [-0.4, -0.2) is 48.0 Å². The molecule has 0 bridgehead atoms. The predicted molar refractivity (Wildman–Crippen MR) is 126 cm³/mol. The molecule has 1 aliphatic carbocycles. The molecule has 1 saturated heterocycles. The van der Waals surface area contributed by atoms with Crippen LogP contribution in [0.15, 0.2) is 42.6 Å². The highest BCUT2D eigenvalue weighted by Gasteiger charge is 2.49. The number of piperazine rings is 1. The fourth-order valence-corrected chi connectivity index (χ4v) is 5.30. The molecule has 35 heavy (non-hydrogen) atoms. The van der Waals surface area contributed by atoms with E-state index in [0.717, 1.165) is 37.0 Å². The van der Waals surface area contributed by atoms with Gasteiger partial charge in [-0.15, -0.1) is 0 Å². The minimum absolute atomic E-state index is 0.134. The van der Waals surface area contributed by atoms with Crippen molar-refractivity contribution in [3.8, 4) is 0 Å². The smallest absolute Gasteiger partial charge is 0.353 e. The normalized spacial score (nSPS) is 23.2. The van der Waals surface area contributed by atoms with Gasteiger partial charge in [-0.3, -0.25) is 4.79 Å². The first-order valence-corrected chi connectivity index (χ1v) is 12.1. The number of aromatic nitrogens is 1. The fraction of sp³-hybridized carbons (Fsp3) is 0.538. The first kappa shape index (κ1) is 25.4. The van der Waals surface area contributed by atoms with E-state index >= 15 is 0 Å². The Morgan fingerprint density at radius 3 is 2.46 bits per heavy atom. The third-order valence-electron chi connectivity index (χ3n) is 7.55. The molecule has 1 saturated carbocycles. The topological polar surface area (TPSA) is 48.5 Å². The van der Waals surface area contributed by atoms with Crippen molar-refractivity contribution < 1.29 is 22.4 Å². The van der Waals surface area contributed by atoms with Gasteiger partial charge in [0.15, 0.2) is 0 Å². The molecule has 2 aromatic rings. The number of carbonyl (C=O) groups is 1. The summed E-state index contributed by atoms with van der Waals surface area (Å²) < 4.78 is 52.4. The second kappa shape index (κ2) is 10.1. The van der Waals surface area contributed by atoms with Gasteiger partial charge in [-0.1, -0.05) is 26.0 Å². The average molecular weight is 493 g/mol. The van der Waals surface area contributed by atoms with Crippen LogP contribution in [-0.2, 0) is 17.5 Å². The van der Waals surface area contributed by atoms with Gasteiger partial charge >= 0.3 is 6.18 Å². The van der Waals surface area contributed by atoms with Crippen molar-refractivity contribution in [1.29, 1.82) is 0 Å². The van der Waals surface area contributed by atoms with Crippen LogP contribution in [0.5, 0.6) is 0 Å². The van der Waals surface area contributed by atoms with E-state index in [1.54, 1.807) is 12.1 Å². The lowest BCUT2D eigenvalue weighted by atomic mass is 9.74. The van der Waals surface area contributed by atoms with Gasteiger partial charge in [-0.25, -0.2) is 9.37 Å². The molecule has 2 fully saturated rings. The van der Waals surface area contributed by atoms with Crippen LogP contribution in [0.1, 0.15) is 44.2 Å². The SMILES string of the molecule is CC(C)[C@]1(C(=O)N2CCN(c3cc(C(F)(F)F)ccn3)CC2)CC[C@@H](NCc2ccc(F)cc2)C1. The van der Waals surface area contributed by atoms with Gasteiger partial charge in [0, 0.05) is 45.0 Å². The lowest BCUT2D eigenvalue weighted by Crippen LogP contribution is -2.54. The molecule has 2 heterocycles. The number of nitrogens with zero attached hydrogens (tertiary/aromatic N) is 3. The number of anilines is 1. The fourth-order valence-electron chi connectivity index (χ4n) is 5.30. The van der Waals surface area contributed by atoms with Crippen LogP contribution >= 0.6 is 0 Å². The number of hydrogen-bond donors (Lipinski definition) is 1. The molecule has 4 rings (SSSR count). The lowest BCUT2D eigenvalue weighted by molar-refractivity contribution is -0.145. The Balaban J connectivity index is 1.36. The standard InChI is InChI=1S/C26H32F4N4O/c1-18(2)25(9-7-22(16-25)32-17-19-3-5-21(27)6-4-19)24(35)34-13-11-33(12-14-34)23-15-20(8-10-31-23)26(28,29)30/h3-6,8,10,15,18,22,32H,7,9,11-14,16-17H2,1-2H3/t22-,25+/m1/s1. The molecule has 0 radical (unpaired) electrons. The summed E-state index contributed by atoms with van der Waals surface area (Å²) in [6.45, 7) is 6.60. The Kier molecular flexibility index (Phi) is 7.35. The van der Waals surface area contributed by atoms with E-state index in [9.17, 15) is 22.4 Å². The largest absolute Gasteiger partial charge is 0.416 e. The second-order valence-corrected chi connectivity index (χ2v) is 9.94. The molecule has 1 N–H and O–H groups in total. The molecule has 0 spiro atoms. The average Bonchev–Trinajstić information content (AvgIpc) is 3.29. The first-order chi connectivity index (χ1) is 16.6. The molecule has 2 aliphatic rings. The van der Waals surface area contributed by atoms with Crippen molar-refractivity contribution in [1.82, 2.24) is 15.2 Å².